The molecule has 198 valence electrons. The number of hydrogen-bond donors (Lipinski definition) is 1. The molecule has 2 heterocycles. The van der Waals surface area contributed by atoms with E-state index in [9.17, 15) is 9.59 Å². The molecule has 38 heavy (non-hydrogen) atoms. The maximum absolute atomic E-state index is 13.9. The smallest absolute Gasteiger partial charge is 0.240 e. The molecule has 3 unspecified atom stereocenters. The second-order valence-corrected chi connectivity index (χ2v) is 11.4. The average molecular weight is 590 g/mol. The van der Waals surface area contributed by atoms with Crippen LogP contribution in [-0.2, 0) is 16.0 Å². The van der Waals surface area contributed by atoms with Gasteiger partial charge in [-0.05, 0) is 74.1 Å². The van der Waals surface area contributed by atoms with Gasteiger partial charge >= 0.3 is 0 Å². The van der Waals surface area contributed by atoms with Crippen LogP contribution in [0.1, 0.15) is 37.8 Å². The number of amides is 1. The summed E-state index contributed by atoms with van der Waals surface area (Å²) in [5.41, 5.74) is 9.95. The molecule has 1 amide bonds. The van der Waals surface area contributed by atoms with Crippen LogP contribution in [0.25, 0.3) is 6.08 Å². The number of benzene rings is 2. The van der Waals surface area contributed by atoms with Crippen molar-refractivity contribution in [2.24, 2.45) is 5.73 Å². The lowest BCUT2D eigenvalue weighted by atomic mass is 9.87. The lowest BCUT2D eigenvalue weighted by molar-refractivity contribution is -0.135. The van der Waals surface area contributed by atoms with Crippen LogP contribution in [0.5, 0.6) is 0 Å². The van der Waals surface area contributed by atoms with E-state index in [0.29, 0.717) is 50.5 Å². The highest BCUT2D eigenvalue weighted by atomic mass is 35.5. The van der Waals surface area contributed by atoms with E-state index in [2.05, 4.69) is 0 Å². The summed E-state index contributed by atoms with van der Waals surface area (Å²) in [6, 6.07) is 13.4. The molecule has 0 saturated carbocycles. The average Bonchev–Trinajstić information content (AvgIpc) is 3.26. The monoisotopic (exact) mass is 588 g/mol. The predicted octanol–water partition coefficient (Wildman–Crippen LogP) is 7.47. The minimum atomic E-state index is -0.742. The molecular weight excluding hydrogens is 562 g/mol. The minimum Gasteiger partial charge on any atom is -0.327 e. The maximum Gasteiger partial charge on any atom is 0.240 e. The van der Waals surface area contributed by atoms with Gasteiger partial charge in [-0.25, -0.2) is 0 Å². The van der Waals surface area contributed by atoms with Crippen LogP contribution >= 0.6 is 46.4 Å². The molecule has 2 bridgehead atoms. The quantitative estimate of drug-likeness (QED) is 0.281. The second kappa shape index (κ2) is 12.2. The van der Waals surface area contributed by atoms with Crippen LogP contribution in [0.15, 0.2) is 87.5 Å². The van der Waals surface area contributed by atoms with Gasteiger partial charge in [0, 0.05) is 16.2 Å². The molecule has 2 aromatic rings. The zero-order valence-corrected chi connectivity index (χ0v) is 24.1. The van der Waals surface area contributed by atoms with Crippen molar-refractivity contribution in [3.8, 4) is 0 Å². The third kappa shape index (κ3) is 6.27. The van der Waals surface area contributed by atoms with Gasteiger partial charge < -0.3 is 10.6 Å². The van der Waals surface area contributed by atoms with Crippen LogP contribution < -0.4 is 5.73 Å². The molecule has 0 spiro atoms. The number of rotatable bonds is 6. The first-order valence-corrected chi connectivity index (χ1v) is 13.8. The fraction of sp³-hybridized carbons (Fsp3) is 0.267. The van der Waals surface area contributed by atoms with E-state index < -0.39 is 6.04 Å². The first-order chi connectivity index (χ1) is 18.1. The number of piperidine rings is 1. The molecule has 3 atom stereocenters. The maximum atomic E-state index is 13.9. The van der Waals surface area contributed by atoms with Crippen molar-refractivity contribution >= 4 is 64.2 Å². The third-order valence-electron chi connectivity index (χ3n) is 6.83. The van der Waals surface area contributed by atoms with Crippen LogP contribution in [0, 0.1) is 0 Å². The van der Waals surface area contributed by atoms with E-state index in [0.717, 1.165) is 16.7 Å². The standard InChI is InChI=1S/C30H28Cl4N2O2/c1-17(13-24(33)18(2)31)12-21-27-10-11-28(22(29(21)37)14-20-8-9-23(32)25(34)15-20)36(27)30(38)26(35)16-19-6-4-3-5-7-19/h3-9,12-15,26-28H,10-11,16,35H2,1-2H3. The van der Waals surface area contributed by atoms with E-state index in [1.165, 1.54) is 0 Å². The number of carbonyl (C=O) groups excluding carboxylic acids is 2. The van der Waals surface area contributed by atoms with Crippen molar-refractivity contribution in [2.45, 2.75) is 51.2 Å². The number of halogens is 4. The van der Waals surface area contributed by atoms with Crippen molar-refractivity contribution in [2.75, 3.05) is 0 Å². The first-order valence-electron chi connectivity index (χ1n) is 12.3. The van der Waals surface area contributed by atoms with Gasteiger partial charge in [-0.1, -0.05) is 88.9 Å². The molecule has 0 aliphatic carbocycles. The highest BCUT2D eigenvalue weighted by Gasteiger charge is 2.49. The molecule has 0 radical (unpaired) electrons. The molecule has 4 nitrogen and oxygen atoms in total. The Morgan fingerprint density at radius 1 is 1.03 bits per heavy atom. The summed E-state index contributed by atoms with van der Waals surface area (Å²) < 4.78 is 0. The lowest BCUT2D eigenvalue weighted by Gasteiger charge is -2.39. The van der Waals surface area contributed by atoms with E-state index in [-0.39, 0.29) is 23.8 Å². The van der Waals surface area contributed by atoms with Gasteiger partial charge in [0.2, 0.25) is 5.91 Å². The van der Waals surface area contributed by atoms with Gasteiger partial charge in [-0.2, -0.15) is 0 Å². The summed E-state index contributed by atoms with van der Waals surface area (Å²) >= 11 is 24.6. The zero-order chi connectivity index (χ0) is 27.6. The fourth-order valence-corrected chi connectivity index (χ4v) is 5.57. The van der Waals surface area contributed by atoms with Crippen LogP contribution in [0.4, 0.5) is 0 Å². The SMILES string of the molecule is CC(=CC(Cl)=C(C)Cl)C=C1C(=O)C(=Cc2ccc(Cl)c(Cl)c2)C2CCC1N2C(=O)C(N)Cc1ccccc1. The Kier molecular flexibility index (Phi) is 9.23. The van der Waals surface area contributed by atoms with Gasteiger partial charge in [0.25, 0.3) is 0 Å². The fourth-order valence-electron chi connectivity index (χ4n) is 5.04. The van der Waals surface area contributed by atoms with Gasteiger partial charge in [-0.15, -0.1) is 0 Å². The number of fused-ring (bicyclic) bond motifs is 2. The highest BCUT2D eigenvalue weighted by molar-refractivity contribution is 6.42. The Balaban J connectivity index is 1.77. The molecule has 2 aliphatic rings. The van der Waals surface area contributed by atoms with Crippen molar-refractivity contribution in [1.82, 2.24) is 4.90 Å². The Morgan fingerprint density at radius 3 is 2.32 bits per heavy atom. The number of nitrogens with two attached hydrogens (primary N) is 1. The Bertz CT molecular complexity index is 1370. The topological polar surface area (TPSA) is 63.4 Å². The van der Waals surface area contributed by atoms with Gasteiger partial charge in [0.05, 0.1) is 33.2 Å². The third-order valence-corrected chi connectivity index (χ3v) is 8.26. The van der Waals surface area contributed by atoms with Crippen molar-refractivity contribution in [1.29, 1.82) is 0 Å². The molecule has 0 aromatic heterocycles. The largest absolute Gasteiger partial charge is 0.327 e. The van der Waals surface area contributed by atoms with Gasteiger partial charge in [-0.3, -0.25) is 9.59 Å². The Labute approximate surface area is 243 Å². The summed E-state index contributed by atoms with van der Waals surface area (Å²) in [6.45, 7) is 3.54. The molecule has 2 saturated heterocycles. The minimum absolute atomic E-state index is 0.111. The van der Waals surface area contributed by atoms with E-state index in [1.54, 1.807) is 48.3 Å². The Hall–Kier alpha value is -2.34. The number of nitrogens with zero attached hydrogens (tertiary/aromatic N) is 1. The predicted molar refractivity (Wildman–Crippen MR) is 157 cm³/mol. The van der Waals surface area contributed by atoms with E-state index >= 15 is 0 Å². The van der Waals surface area contributed by atoms with Crippen LogP contribution in [-0.4, -0.2) is 34.7 Å². The molecule has 2 fully saturated rings. The lowest BCUT2D eigenvalue weighted by Crippen LogP contribution is -2.55. The van der Waals surface area contributed by atoms with E-state index in [4.69, 9.17) is 52.1 Å². The summed E-state index contributed by atoms with van der Waals surface area (Å²) in [4.78, 5) is 29.5. The number of hydrogen-bond acceptors (Lipinski definition) is 3. The normalized spacial score (nSPS) is 23.2. The van der Waals surface area contributed by atoms with Crippen molar-refractivity contribution in [3.63, 3.8) is 0 Å². The number of ketones is 1. The van der Waals surface area contributed by atoms with Gasteiger partial charge in [0.1, 0.15) is 0 Å². The first kappa shape index (κ1) is 28.7. The van der Waals surface area contributed by atoms with Crippen LogP contribution in [0.3, 0.4) is 0 Å². The number of allylic oxidation sites excluding steroid dienone is 5. The number of carbonyl (C=O) groups is 2. The highest BCUT2D eigenvalue weighted by Crippen LogP contribution is 2.42. The molecular formula is C30H28Cl4N2O2. The van der Waals surface area contributed by atoms with Crippen molar-refractivity contribution in [3.05, 3.63) is 109 Å². The summed E-state index contributed by atoms with van der Waals surface area (Å²) in [5, 5.41) is 1.65. The van der Waals surface area contributed by atoms with Crippen molar-refractivity contribution < 1.29 is 9.59 Å². The molecule has 2 aliphatic heterocycles. The van der Waals surface area contributed by atoms with E-state index in [1.807, 2.05) is 37.3 Å². The second-order valence-electron chi connectivity index (χ2n) is 9.62. The molecule has 8 heteroatoms. The molecule has 2 aromatic carbocycles. The summed E-state index contributed by atoms with van der Waals surface area (Å²) in [7, 11) is 0. The summed E-state index contributed by atoms with van der Waals surface area (Å²) in [5.74, 6) is -0.296. The zero-order valence-electron chi connectivity index (χ0n) is 21.1. The van der Waals surface area contributed by atoms with Gasteiger partial charge in [0.15, 0.2) is 5.78 Å². The molecule has 2 N–H and O–H groups in total. The molecule has 4 rings (SSSR count). The Morgan fingerprint density at radius 2 is 1.68 bits per heavy atom. The van der Waals surface area contributed by atoms with Crippen LogP contribution in [0.2, 0.25) is 10.0 Å². The summed E-state index contributed by atoms with van der Waals surface area (Å²) in [6.07, 6.45) is 7.00. The number of Topliss-reactive ketones (excluding diaryl/α,β-unsaturated/α-hetero) is 1.